The van der Waals surface area contributed by atoms with Gasteiger partial charge in [0.2, 0.25) is 0 Å². The van der Waals surface area contributed by atoms with Crippen LogP contribution in [0, 0.1) is 0 Å². The van der Waals surface area contributed by atoms with Crippen molar-refractivity contribution in [3.63, 3.8) is 0 Å². The second-order valence-corrected chi connectivity index (χ2v) is 3.96. The number of hydrogen-bond acceptors (Lipinski definition) is 2. The normalized spacial score (nSPS) is 11.0. The Balaban J connectivity index is 3.68. The molecule has 0 heterocycles. The Morgan fingerprint density at radius 1 is 1.33 bits per heavy atom. The van der Waals surface area contributed by atoms with Crippen molar-refractivity contribution in [3.05, 3.63) is 12.3 Å². The first-order valence-corrected chi connectivity index (χ1v) is 4.17. The van der Waals surface area contributed by atoms with E-state index < -0.39 is 0 Å². The molecule has 0 amide bonds. The highest BCUT2D eigenvalue weighted by molar-refractivity contribution is 5.75. The highest BCUT2D eigenvalue weighted by atomic mass is 16.5. The quantitative estimate of drug-likeness (QED) is 0.606. The summed E-state index contributed by atoms with van der Waals surface area (Å²) in [6.07, 6.45) is 1.15. The van der Waals surface area contributed by atoms with Crippen molar-refractivity contribution in [2.45, 2.75) is 46.1 Å². The molecule has 0 unspecified atom stereocenters. The van der Waals surface area contributed by atoms with Crippen LogP contribution in [0.1, 0.15) is 40.5 Å². The van der Waals surface area contributed by atoms with Crippen LogP contribution in [0.5, 0.6) is 0 Å². The monoisotopic (exact) mass is 170 g/mol. The minimum Gasteiger partial charge on any atom is -0.493 e. The summed E-state index contributed by atoms with van der Waals surface area (Å²) in [4.78, 5) is 10.6. The molecule has 0 saturated carbocycles. The molecule has 0 fully saturated rings. The van der Waals surface area contributed by atoms with Crippen molar-refractivity contribution in [2.75, 3.05) is 0 Å². The molecule has 0 saturated heterocycles. The molecule has 0 aliphatic rings. The first-order chi connectivity index (χ1) is 5.31. The predicted molar refractivity (Wildman–Crippen MR) is 49.9 cm³/mol. The van der Waals surface area contributed by atoms with Crippen LogP contribution in [0.25, 0.3) is 0 Å². The predicted octanol–water partition coefficient (Wildman–Crippen LogP) is 2.68. The average Bonchev–Trinajstić information content (AvgIpc) is 1.79. The van der Waals surface area contributed by atoms with Crippen LogP contribution in [-0.2, 0) is 9.53 Å². The molecule has 0 aromatic carbocycles. The first-order valence-electron chi connectivity index (χ1n) is 4.17. The molecule has 0 radical (unpaired) electrons. The standard InChI is InChI=1S/C10H18O2/c1-8(11)6-7-9(2)12-10(3,4)5/h2,6-7H2,1,3-5H3. The van der Waals surface area contributed by atoms with Crippen LogP contribution in [0.4, 0.5) is 0 Å². The minimum atomic E-state index is -0.201. The zero-order valence-corrected chi connectivity index (χ0v) is 8.44. The molecule has 12 heavy (non-hydrogen) atoms. The third-order valence-corrected chi connectivity index (χ3v) is 1.21. The van der Waals surface area contributed by atoms with Crippen molar-refractivity contribution in [3.8, 4) is 0 Å². The summed E-state index contributed by atoms with van der Waals surface area (Å²) < 4.78 is 5.44. The fourth-order valence-corrected chi connectivity index (χ4v) is 0.799. The van der Waals surface area contributed by atoms with Gasteiger partial charge in [-0.2, -0.15) is 0 Å². The van der Waals surface area contributed by atoms with Crippen LogP contribution in [-0.4, -0.2) is 11.4 Å². The van der Waals surface area contributed by atoms with Gasteiger partial charge in [-0.15, -0.1) is 0 Å². The van der Waals surface area contributed by atoms with Crippen molar-refractivity contribution in [1.82, 2.24) is 0 Å². The van der Waals surface area contributed by atoms with E-state index in [0.29, 0.717) is 18.6 Å². The van der Waals surface area contributed by atoms with Gasteiger partial charge in [0.15, 0.2) is 0 Å². The van der Waals surface area contributed by atoms with Gasteiger partial charge in [-0.3, -0.25) is 0 Å². The Labute approximate surface area is 74.6 Å². The number of Topliss-reactive ketones (excluding diaryl/α,β-unsaturated/α-hetero) is 1. The number of allylic oxidation sites excluding steroid dienone is 1. The van der Waals surface area contributed by atoms with Gasteiger partial charge in [-0.1, -0.05) is 6.58 Å². The molecule has 0 aliphatic carbocycles. The molecule has 0 aliphatic heterocycles. The SMILES string of the molecule is C=C(CCC(C)=O)OC(C)(C)C. The van der Waals surface area contributed by atoms with Gasteiger partial charge in [0.1, 0.15) is 11.4 Å². The third kappa shape index (κ3) is 7.32. The summed E-state index contributed by atoms with van der Waals surface area (Å²) in [6, 6.07) is 0. The van der Waals surface area contributed by atoms with Crippen LogP contribution < -0.4 is 0 Å². The van der Waals surface area contributed by atoms with Gasteiger partial charge in [0.05, 0.1) is 5.76 Å². The maximum absolute atomic E-state index is 10.6. The van der Waals surface area contributed by atoms with Crippen LogP contribution in [0.2, 0.25) is 0 Å². The van der Waals surface area contributed by atoms with Gasteiger partial charge in [0, 0.05) is 12.8 Å². The second kappa shape index (κ2) is 4.29. The summed E-state index contributed by atoms with van der Waals surface area (Å²) in [5.74, 6) is 0.867. The Hall–Kier alpha value is -0.790. The Kier molecular flexibility index (Phi) is 4.01. The Morgan fingerprint density at radius 3 is 2.17 bits per heavy atom. The van der Waals surface area contributed by atoms with Crippen molar-refractivity contribution in [2.24, 2.45) is 0 Å². The molecular formula is C10H18O2. The average molecular weight is 170 g/mol. The fourth-order valence-electron chi connectivity index (χ4n) is 0.799. The van der Waals surface area contributed by atoms with Gasteiger partial charge in [-0.25, -0.2) is 0 Å². The summed E-state index contributed by atoms with van der Waals surface area (Å²) in [6.45, 7) is 11.2. The topological polar surface area (TPSA) is 26.3 Å². The van der Waals surface area contributed by atoms with E-state index >= 15 is 0 Å². The minimum absolute atomic E-state index is 0.175. The Morgan fingerprint density at radius 2 is 1.83 bits per heavy atom. The smallest absolute Gasteiger partial charge is 0.130 e. The maximum atomic E-state index is 10.6. The van der Waals surface area contributed by atoms with Crippen LogP contribution >= 0.6 is 0 Å². The van der Waals surface area contributed by atoms with Crippen LogP contribution in [0.3, 0.4) is 0 Å². The van der Waals surface area contributed by atoms with E-state index in [1.54, 1.807) is 6.92 Å². The fraction of sp³-hybridized carbons (Fsp3) is 0.700. The zero-order valence-electron chi connectivity index (χ0n) is 8.44. The molecule has 0 rings (SSSR count). The highest BCUT2D eigenvalue weighted by Gasteiger charge is 2.12. The maximum Gasteiger partial charge on any atom is 0.130 e. The number of hydrogen-bond donors (Lipinski definition) is 0. The van der Waals surface area contributed by atoms with E-state index in [1.807, 2.05) is 20.8 Å². The van der Waals surface area contributed by atoms with Crippen LogP contribution in [0.15, 0.2) is 12.3 Å². The molecule has 2 heteroatoms. The molecule has 0 bridgehead atoms. The third-order valence-electron chi connectivity index (χ3n) is 1.21. The van der Waals surface area contributed by atoms with Crippen molar-refractivity contribution < 1.29 is 9.53 Å². The number of carbonyl (C=O) groups is 1. The summed E-state index contributed by atoms with van der Waals surface area (Å²) >= 11 is 0. The lowest BCUT2D eigenvalue weighted by Gasteiger charge is -2.22. The number of carbonyl (C=O) groups excluding carboxylic acids is 1. The van der Waals surface area contributed by atoms with Gasteiger partial charge >= 0.3 is 0 Å². The molecule has 2 nitrogen and oxygen atoms in total. The summed E-state index contributed by atoms with van der Waals surface area (Å²) in [7, 11) is 0. The van der Waals surface area contributed by atoms with E-state index in [-0.39, 0.29) is 11.4 Å². The molecular weight excluding hydrogens is 152 g/mol. The van der Waals surface area contributed by atoms with E-state index in [0.717, 1.165) is 0 Å². The summed E-state index contributed by atoms with van der Waals surface area (Å²) in [5.41, 5.74) is -0.201. The van der Waals surface area contributed by atoms with E-state index in [2.05, 4.69) is 6.58 Å². The van der Waals surface area contributed by atoms with Gasteiger partial charge in [0.25, 0.3) is 0 Å². The number of ketones is 1. The lowest BCUT2D eigenvalue weighted by molar-refractivity contribution is -0.117. The second-order valence-electron chi connectivity index (χ2n) is 3.96. The highest BCUT2D eigenvalue weighted by Crippen LogP contribution is 2.15. The van der Waals surface area contributed by atoms with E-state index in [9.17, 15) is 4.79 Å². The first kappa shape index (κ1) is 11.2. The van der Waals surface area contributed by atoms with E-state index in [4.69, 9.17) is 4.74 Å². The summed E-state index contributed by atoms with van der Waals surface area (Å²) in [5, 5.41) is 0. The molecule has 0 N–H and O–H groups in total. The van der Waals surface area contributed by atoms with Gasteiger partial charge < -0.3 is 9.53 Å². The van der Waals surface area contributed by atoms with Crippen molar-refractivity contribution >= 4 is 5.78 Å². The molecule has 0 atom stereocenters. The largest absolute Gasteiger partial charge is 0.493 e. The lowest BCUT2D eigenvalue weighted by atomic mass is 10.1. The number of rotatable bonds is 4. The van der Waals surface area contributed by atoms with Gasteiger partial charge in [-0.05, 0) is 27.7 Å². The molecule has 70 valence electrons. The number of ether oxygens (including phenoxy) is 1. The molecule has 0 aromatic heterocycles. The molecule has 0 spiro atoms. The zero-order chi connectivity index (χ0) is 9.78. The van der Waals surface area contributed by atoms with Crippen molar-refractivity contribution in [1.29, 1.82) is 0 Å². The lowest BCUT2D eigenvalue weighted by Crippen LogP contribution is -2.18. The molecule has 0 aromatic rings. The Bertz CT molecular complexity index is 175. The van der Waals surface area contributed by atoms with E-state index in [1.165, 1.54) is 0 Å².